The van der Waals surface area contributed by atoms with E-state index in [1.807, 2.05) is 0 Å². The summed E-state index contributed by atoms with van der Waals surface area (Å²) in [6, 6.07) is 0.414. The molecule has 0 aliphatic carbocycles. The Bertz CT molecular complexity index is 160. The summed E-state index contributed by atoms with van der Waals surface area (Å²) in [5.74, 6) is 2.66. The monoisotopic (exact) mass is 166 g/mol. The molecule has 1 aliphatic heterocycles. The van der Waals surface area contributed by atoms with E-state index in [1.54, 1.807) is 0 Å². The van der Waals surface area contributed by atoms with Gasteiger partial charge in [-0.15, -0.1) is 12.3 Å². The van der Waals surface area contributed by atoms with Crippen molar-refractivity contribution in [3.05, 3.63) is 0 Å². The molecule has 0 aromatic carbocycles. The van der Waals surface area contributed by atoms with Gasteiger partial charge in [-0.05, 0) is 32.4 Å². The summed E-state index contributed by atoms with van der Waals surface area (Å²) in [7, 11) is 0. The highest BCUT2D eigenvalue weighted by atomic mass is 15.2. The van der Waals surface area contributed by atoms with E-state index in [0.717, 1.165) is 25.8 Å². The average Bonchev–Trinajstić information content (AvgIpc) is 2.45. The Balaban J connectivity index is 1.97. The summed E-state index contributed by atoms with van der Waals surface area (Å²) in [6.45, 7) is 3.43. The molecule has 0 aromatic heterocycles. The highest BCUT2D eigenvalue weighted by Crippen LogP contribution is 2.08. The van der Waals surface area contributed by atoms with Crippen LogP contribution in [0.2, 0.25) is 0 Å². The lowest BCUT2D eigenvalue weighted by Gasteiger charge is -2.13. The van der Waals surface area contributed by atoms with Gasteiger partial charge >= 0.3 is 0 Å². The molecule has 0 amide bonds. The molecule has 2 nitrogen and oxygen atoms in total. The summed E-state index contributed by atoms with van der Waals surface area (Å²) in [5, 5.41) is 0. The minimum Gasteiger partial charge on any atom is -0.326 e. The predicted octanol–water partition coefficient (Wildman–Crippen LogP) is 0.823. The van der Waals surface area contributed by atoms with Crippen LogP contribution in [-0.2, 0) is 0 Å². The Morgan fingerprint density at radius 1 is 1.50 bits per heavy atom. The number of terminal acetylenes is 1. The van der Waals surface area contributed by atoms with Crippen LogP contribution < -0.4 is 5.73 Å². The number of rotatable bonds is 4. The van der Waals surface area contributed by atoms with Gasteiger partial charge in [0.05, 0.1) is 0 Å². The maximum atomic E-state index is 5.78. The quantitative estimate of drug-likeness (QED) is 0.495. The molecule has 1 heterocycles. The zero-order valence-corrected chi connectivity index (χ0v) is 7.63. The number of nitrogens with zero attached hydrogens (tertiary/aromatic N) is 1. The predicted molar refractivity (Wildman–Crippen MR) is 51.7 cm³/mol. The lowest BCUT2D eigenvalue weighted by Crippen LogP contribution is -2.27. The second-order valence-electron chi connectivity index (χ2n) is 3.51. The molecule has 1 atom stereocenters. The van der Waals surface area contributed by atoms with Gasteiger partial charge in [0.2, 0.25) is 0 Å². The van der Waals surface area contributed by atoms with Crippen molar-refractivity contribution in [2.75, 3.05) is 19.6 Å². The molecule has 1 saturated heterocycles. The smallest absolute Gasteiger partial charge is 0.0180 e. The Morgan fingerprint density at radius 3 is 2.92 bits per heavy atom. The molecule has 0 bridgehead atoms. The van der Waals surface area contributed by atoms with Gasteiger partial charge in [-0.3, -0.25) is 0 Å². The van der Waals surface area contributed by atoms with Crippen molar-refractivity contribution in [3.63, 3.8) is 0 Å². The number of hydrogen-bond acceptors (Lipinski definition) is 2. The van der Waals surface area contributed by atoms with E-state index in [4.69, 9.17) is 12.2 Å². The van der Waals surface area contributed by atoms with Crippen molar-refractivity contribution in [1.82, 2.24) is 4.90 Å². The zero-order valence-electron chi connectivity index (χ0n) is 7.63. The molecule has 2 heteroatoms. The zero-order chi connectivity index (χ0) is 8.81. The number of unbranched alkanes of at least 4 members (excludes halogenated alkanes) is 2. The molecular formula is C10H18N2. The van der Waals surface area contributed by atoms with Crippen LogP contribution in [0.5, 0.6) is 0 Å². The van der Waals surface area contributed by atoms with Crippen LogP contribution in [0.1, 0.15) is 25.7 Å². The highest BCUT2D eigenvalue weighted by molar-refractivity contribution is 4.83. The molecule has 0 radical (unpaired) electrons. The number of likely N-dealkylation sites (tertiary alicyclic amines) is 1. The van der Waals surface area contributed by atoms with Crippen LogP contribution in [0.25, 0.3) is 0 Å². The first-order valence-corrected chi connectivity index (χ1v) is 4.74. The first-order valence-electron chi connectivity index (χ1n) is 4.74. The summed E-state index contributed by atoms with van der Waals surface area (Å²) < 4.78 is 0. The summed E-state index contributed by atoms with van der Waals surface area (Å²) in [6.07, 6.45) is 9.61. The highest BCUT2D eigenvalue weighted by Gasteiger charge is 2.17. The van der Waals surface area contributed by atoms with E-state index in [-0.39, 0.29) is 0 Å². The van der Waals surface area contributed by atoms with Crippen LogP contribution in [0.15, 0.2) is 0 Å². The van der Waals surface area contributed by atoms with Crippen molar-refractivity contribution in [1.29, 1.82) is 0 Å². The van der Waals surface area contributed by atoms with E-state index in [9.17, 15) is 0 Å². The van der Waals surface area contributed by atoms with Gasteiger partial charge in [-0.1, -0.05) is 0 Å². The van der Waals surface area contributed by atoms with Crippen molar-refractivity contribution in [3.8, 4) is 12.3 Å². The first kappa shape index (κ1) is 9.57. The van der Waals surface area contributed by atoms with E-state index in [1.165, 1.54) is 19.5 Å². The second kappa shape index (κ2) is 5.18. The van der Waals surface area contributed by atoms with Crippen LogP contribution in [0, 0.1) is 12.3 Å². The molecule has 2 N–H and O–H groups in total. The van der Waals surface area contributed by atoms with Crippen LogP contribution in [0.4, 0.5) is 0 Å². The number of nitrogens with two attached hydrogens (primary N) is 1. The largest absolute Gasteiger partial charge is 0.326 e. The molecule has 1 fully saturated rings. The Hall–Kier alpha value is -0.520. The van der Waals surface area contributed by atoms with Crippen molar-refractivity contribution < 1.29 is 0 Å². The Morgan fingerprint density at radius 2 is 2.33 bits per heavy atom. The molecule has 12 heavy (non-hydrogen) atoms. The van der Waals surface area contributed by atoms with Crippen LogP contribution in [0.3, 0.4) is 0 Å². The fraction of sp³-hybridized carbons (Fsp3) is 0.800. The molecular weight excluding hydrogens is 148 g/mol. The second-order valence-corrected chi connectivity index (χ2v) is 3.51. The first-order chi connectivity index (χ1) is 5.83. The van der Waals surface area contributed by atoms with Gasteiger partial charge in [0.1, 0.15) is 0 Å². The third-order valence-corrected chi connectivity index (χ3v) is 2.35. The average molecular weight is 166 g/mol. The molecule has 1 aliphatic rings. The van der Waals surface area contributed by atoms with Gasteiger partial charge < -0.3 is 10.6 Å². The summed E-state index contributed by atoms with van der Waals surface area (Å²) in [5.41, 5.74) is 5.78. The summed E-state index contributed by atoms with van der Waals surface area (Å²) in [4.78, 5) is 2.43. The topological polar surface area (TPSA) is 29.3 Å². The molecule has 68 valence electrons. The lowest BCUT2D eigenvalue weighted by molar-refractivity contribution is 0.326. The molecule has 1 rings (SSSR count). The Labute approximate surface area is 75.1 Å². The van der Waals surface area contributed by atoms with E-state index >= 15 is 0 Å². The minimum absolute atomic E-state index is 0.414. The van der Waals surface area contributed by atoms with Gasteiger partial charge in [0.15, 0.2) is 0 Å². The van der Waals surface area contributed by atoms with Crippen molar-refractivity contribution in [2.45, 2.75) is 31.7 Å². The summed E-state index contributed by atoms with van der Waals surface area (Å²) >= 11 is 0. The lowest BCUT2D eigenvalue weighted by atomic mass is 10.2. The third-order valence-electron chi connectivity index (χ3n) is 2.35. The van der Waals surface area contributed by atoms with Crippen LogP contribution in [-0.4, -0.2) is 30.6 Å². The maximum Gasteiger partial charge on any atom is 0.0180 e. The van der Waals surface area contributed by atoms with Gasteiger partial charge in [-0.25, -0.2) is 0 Å². The normalized spacial score (nSPS) is 24.2. The molecule has 0 aromatic rings. The van der Waals surface area contributed by atoms with Crippen LogP contribution >= 0.6 is 0 Å². The van der Waals surface area contributed by atoms with Gasteiger partial charge in [0, 0.05) is 19.0 Å². The SMILES string of the molecule is C#CCCCCN1CCC(N)C1. The van der Waals surface area contributed by atoms with E-state index in [0.29, 0.717) is 6.04 Å². The van der Waals surface area contributed by atoms with Gasteiger partial charge in [0.25, 0.3) is 0 Å². The van der Waals surface area contributed by atoms with Crippen molar-refractivity contribution >= 4 is 0 Å². The minimum atomic E-state index is 0.414. The fourth-order valence-corrected chi connectivity index (χ4v) is 1.63. The fourth-order valence-electron chi connectivity index (χ4n) is 1.63. The van der Waals surface area contributed by atoms with Crippen molar-refractivity contribution in [2.24, 2.45) is 5.73 Å². The van der Waals surface area contributed by atoms with E-state index in [2.05, 4.69) is 10.8 Å². The standard InChI is InChI=1S/C10H18N2/c1-2-3-4-5-7-12-8-6-10(11)9-12/h1,10H,3-9,11H2. The molecule has 0 saturated carbocycles. The number of hydrogen-bond donors (Lipinski definition) is 1. The molecule has 1 unspecified atom stereocenters. The van der Waals surface area contributed by atoms with E-state index < -0.39 is 0 Å². The third kappa shape index (κ3) is 3.25. The Kier molecular flexibility index (Phi) is 4.13. The van der Waals surface area contributed by atoms with Gasteiger partial charge in [-0.2, -0.15) is 0 Å². The maximum absolute atomic E-state index is 5.78. The molecule has 0 spiro atoms.